The van der Waals surface area contributed by atoms with Gasteiger partial charge in [0.05, 0.1) is 17.8 Å². The summed E-state index contributed by atoms with van der Waals surface area (Å²) >= 11 is 0. The monoisotopic (exact) mass is 314 g/mol. The second-order valence-corrected chi connectivity index (χ2v) is 6.49. The molecule has 23 heavy (non-hydrogen) atoms. The molecule has 1 saturated heterocycles. The highest BCUT2D eigenvalue weighted by Gasteiger charge is 2.38. The molecule has 1 fully saturated rings. The van der Waals surface area contributed by atoms with Gasteiger partial charge in [-0.05, 0) is 44.3 Å². The number of aromatic amines is 1. The first-order valence-electron chi connectivity index (χ1n) is 7.73. The minimum absolute atomic E-state index is 0.0316. The Bertz CT molecular complexity index is 666. The molecule has 0 unspecified atom stereocenters. The van der Waals surface area contributed by atoms with Crippen LogP contribution in [-0.4, -0.2) is 70.3 Å². The number of rotatable bonds is 4. The molecule has 6 nitrogen and oxygen atoms in total. The number of likely N-dealkylation sites (tertiary alicyclic amines) is 1. The number of nitrogens with one attached hydrogen (secondary N) is 1. The number of carbonyl (C=O) groups is 1. The highest BCUT2D eigenvalue weighted by molar-refractivity contribution is 5.95. The fourth-order valence-electron chi connectivity index (χ4n) is 3.14. The molecule has 0 radical (unpaired) electrons. The molecule has 0 bridgehead atoms. The van der Waals surface area contributed by atoms with Crippen LogP contribution in [0.25, 0.3) is 11.3 Å². The number of benzene rings is 1. The quantitative estimate of drug-likeness (QED) is 0.890. The van der Waals surface area contributed by atoms with Gasteiger partial charge in [0.15, 0.2) is 0 Å². The molecule has 3 rings (SSSR count). The van der Waals surface area contributed by atoms with Gasteiger partial charge in [-0.15, -0.1) is 0 Å². The zero-order valence-electron chi connectivity index (χ0n) is 13.5. The maximum absolute atomic E-state index is 12.6. The van der Waals surface area contributed by atoms with Crippen LogP contribution in [0.1, 0.15) is 16.8 Å². The van der Waals surface area contributed by atoms with Crippen LogP contribution in [0.2, 0.25) is 0 Å². The first kappa shape index (κ1) is 15.7. The summed E-state index contributed by atoms with van der Waals surface area (Å²) in [6.07, 6.45) is 2.31. The number of H-pyrrole nitrogens is 1. The second-order valence-electron chi connectivity index (χ2n) is 6.49. The molecule has 1 aromatic carbocycles. The summed E-state index contributed by atoms with van der Waals surface area (Å²) in [5, 5.41) is 17.4. The van der Waals surface area contributed by atoms with E-state index in [1.165, 1.54) is 0 Å². The van der Waals surface area contributed by atoms with Gasteiger partial charge >= 0.3 is 0 Å². The van der Waals surface area contributed by atoms with E-state index in [2.05, 4.69) is 10.2 Å². The van der Waals surface area contributed by atoms with E-state index in [1.807, 2.05) is 49.3 Å². The van der Waals surface area contributed by atoms with Crippen LogP contribution < -0.4 is 0 Å². The Labute approximate surface area is 135 Å². The number of β-amino-alcohol motifs (C(OH)–C–C–N with tert-alkyl or cyclic N) is 1. The lowest BCUT2D eigenvalue weighted by atomic mass is 10.0. The molecule has 1 atom stereocenters. The first-order chi connectivity index (χ1) is 11.0. The number of carbonyl (C=O) groups excluding carboxylic acids is 1. The summed E-state index contributed by atoms with van der Waals surface area (Å²) < 4.78 is 0. The molecule has 0 aliphatic carbocycles. The fraction of sp³-hybridized carbons (Fsp3) is 0.412. The van der Waals surface area contributed by atoms with Crippen molar-refractivity contribution in [2.45, 2.75) is 12.0 Å². The van der Waals surface area contributed by atoms with Crippen LogP contribution >= 0.6 is 0 Å². The van der Waals surface area contributed by atoms with E-state index in [0.717, 1.165) is 11.3 Å². The van der Waals surface area contributed by atoms with E-state index in [4.69, 9.17) is 0 Å². The zero-order valence-corrected chi connectivity index (χ0v) is 13.5. The van der Waals surface area contributed by atoms with Gasteiger partial charge in [-0.1, -0.05) is 12.1 Å². The van der Waals surface area contributed by atoms with Crippen LogP contribution in [0.3, 0.4) is 0 Å². The number of likely N-dealkylation sites (N-methyl/N-ethyl adjacent to an activating group) is 1. The second kappa shape index (κ2) is 6.14. The minimum Gasteiger partial charge on any atom is -0.387 e. The smallest absolute Gasteiger partial charge is 0.253 e. The van der Waals surface area contributed by atoms with Gasteiger partial charge in [0, 0.05) is 24.8 Å². The maximum atomic E-state index is 12.6. The lowest BCUT2D eigenvalue weighted by Gasteiger charge is -2.26. The van der Waals surface area contributed by atoms with Crippen molar-refractivity contribution in [3.8, 4) is 11.3 Å². The Morgan fingerprint density at radius 3 is 2.70 bits per heavy atom. The predicted octanol–water partition coefficient (Wildman–Crippen LogP) is 1.22. The molecule has 1 aliphatic rings. The Morgan fingerprint density at radius 2 is 2.09 bits per heavy atom. The predicted molar refractivity (Wildman–Crippen MR) is 88.0 cm³/mol. The molecule has 6 heteroatoms. The van der Waals surface area contributed by atoms with Crippen molar-refractivity contribution in [3.63, 3.8) is 0 Å². The van der Waals surface area contributed by atoms with Gasteiger partial charge in [0.1, 0.15) is 0 Å². The molecule has 1 amide bonds. The largest absolute Gasteiger partial charge is 0.387 e. The maximum Gasteiger partial charge on any atom is 0.253 e. The Kier molecular flexibility index (Phi) is 4.19. The van der Waals surface area contributed by atoms with Crippen LogP contribution in [0.15, 0.2) is 36.5 Å². The summed E-state index contributed by atoms with van der Waals surface area (Å²) in [6, 6.07) is 9.34. The average molecular weight is 314 g/mol. The van der Waals surface area contributed by atoms with Crippen molar-refractivity contribution in [3.05, 3.63) is 42.1 Å². The Morgan fingerprint density at radius 1 is 1.35 bits per heavy atom. The number of hydrogen-bond acceptors (Lipinski definition) is 4. The number of aromatic nitrogens is 2. The summed E-state index contributed by atoms with van der Waals surface area (Å²) in [5.41, 5.74) is 1.74. The molecule has 0 spiro atoms. The molecular formula is C17H22N4O2. The lowest BCUT2D eigenvalue weighted by Crippen LogP contribution is -2.43. The summed E-state index contributed by atoms with van der Waals surface area (Å²) in [4.78, 5) is 16.3. The Hall–Kier alpha value is -2.18. The van der Waals surface area contributed by atoms with Gasteiger partial charge < -0.3 is 14.9 Å². The standard InChI is InChI=1S/C17H22N4O2/c1-20(2)11-17(23)8-10-21(12-17)16(22)14-5-3-13(4-6-14)15-7-9-18-19-15/h3-7,9,23H,8,10-12H2,1-2H3,(H,18,19)/t17-/m0/s1. The van der Waals surface area contributed by atoms with E-state index in [9.17, 15) is 9.90 Å². The van der Waals surface area contributed by atoms with Crippen LogP contribution in [0, 0.1) is 0 Å². The number of aliphatic hydroxyl groups is 1. The number of nitrogens with zero attached hydrogens (tertiary/aromatic N) is 3. The highest BCUT2D eigenvalue weighted by atomic mass is 16.3. The van der Waals surface area contributed by atoms with Gasteiger partial charge in [0.2, 0.25) is 0 Å². The van der Waals surface area contributed by atoms with Gasteiger partial charge in [-0.25, -0.2) is 0 Å². The average Bonchev–Trinajstić information content (AvgIpc) is 3.16. The van der Waals surface area contributed by atoms with Gasteiger partial charge in [0.25, 0.3) is 5.91 Å². The third kappa shape index (κ3) is 3.43. The van der Waals surface area contributed by atoms with Crippen molar-refractivity contribution < 1.29 is 9.90 Å². The van der Waals surface area contributed by atoms with E-state index < -0.39 is 5.60 Å². The highest BCUT2D eigenvalue weighted by Crippen LogP contribution is 2.24. The van der Waals surface area contributed by atoms with Crippen molar-refractivity contribution in [1.82, 2.24) is 20.0 Å². The SMILES string of the molecule is CN(C)C[C@@]1(O)CCN(C(=O)c2ccc(-c3ccn[nH]3)cc2)C1. The third-order valence-electron chi connectivity index (χ3n) is 4.17. The van der Waals surface area contributed by atoms with Gasteiger partial charge in [-0.2, -0.15) is 5.10 Å². The summed E-state index contributed by atoms with van der Waals surface area (Å²) in [7, 11) is 3.85. The van der Waals surface area contributed by atoms with Crippen LogP contribution in [0.4, 0.5) is 0 Å². The number of amides is 1. The molecule has 2 heterocycles. The van der Waals surface area contributed by atoms with E-state index >= 15 is 0 Å². The lowest BCUT2D eigenvalue weighted by molar-refractivity contribution is 0.0236. The van der Waals surface area contributed by atoms with Crippen molar-refractivity contribution in [1.29, 1.82) is 0 Å². The van der Waals surface area contributed by atoms with Gasteiger partial charge in [-0.3, -0.25) is 9.89 Å². The molecule has 0 saturated carbocycles. The minimum atomic E-state index is -0.810. The number of hydrogen-bond donors (Lipinski definition) is 2. The molecule has 2 N–H and O–H groups in total. The van der Waals surface area contributed by atoms with E-state index in [1.54, 1.807) is 11.1 Å². The topological polar surface area (TPSA) is 72.5 Å². The fourth-order valence-corrected chi connectivity index (χ4v) is 3.14. The zero-order chi connectivity index (χ0) is 16.4. The van der Waals surface area contributed by atoms with E-state index in [-0.39, 0.29) is 5.91 Å². The van der Waals surface area contributed by atoms with Crippen LogP contribution in [-0.2, 0) is 0 Å². The first-order valence-corrected chi connectivity index (χ1v) is 7.73. The van der Waals surface area contributed by atoms with E-state index in [0.29, 0.717) is 31.6 Å². The third-order valence-corrected chi connectivity index (χ3v) is 4.17. The molecule has 122 valence electrons. The van der Waals surface area contributed by atoms with Crippen molar-refractivity contribution in [2.24, 2.45) is 0 Å². The Balaban J connectivity index is 1.69. The summed E-state index contributed by atoms with van der Waals surface area (Å²) in [5.74, 6) is -0.0316. The molecule has 1 aliphatic heterocycles. The normalized spacial score (nSPS) is 21.1. The molecular weight excluding hydrogens is 292 g/mol. The van der Waals surface area contributed by atoms with Crippen molar-refractivity contribution in [2.75, 3.05) is 33.7 Å². The van der Waals surface area contributed by atoms with Crippen LogP contribution in [0.5, 0.6) is 0 Å². The summed E-state index contributed by atoms with van der Waals surface area (Å²) in [6.45, 7) is 1.54. The molecule has 2 aromatic rings. The molecule has 1 aromatic heterocycles. The van der Waals surface area contributed by atoms with Crippen molar-refractivity contribution >= 4 is 5.91 Å².